The van der Waals surface area contributed by atoms with Crippen LogP contribution in [-0.4, -0.2) is 17.5 Å². The van der Waals surface area contributed by atoms with Crippen LogP contribution in [0, 0.1) is 6.92 Å². The fraction of sp³-hybridized carbons (Fsp3) is 0.176. The van der Waals surface area contributed by atoms with Crippen LogP contribution in [0.2, 0.25) is 0 Å². The highest BCUT2D eigenvalue weighted by atomic mass is 16.5. The summed E-state index contributed by atoms with van der Waals surface area (Å²) in [5, 5.41) is 3.76. The minimum absolute atomic E-state index is 0.0601. The number of nitrogens with one attached hydrogen (secondary N) is 1. The molecule has 0 aliphatic carbocycles. The third kappa shape index (κ3) is 3.09. The molecule has 0 spiro atoms. The van der Waals surface area contributed by atoms with Crippen LogP contribution in [0.4, 0.5) is 0 Å². The number of ether oxygens (including phenoxy) is 1. The second-order valence-electron chi connectivity index (χ2n) is 4.92. The summed E-state index contributed by atoms with van der Waals surface area (Å²) in [6.07, 6.45) is 3.31. The number of benzene rings is 1. The highest BCUT2D eigenvalue weighted by molar-refractivity contribution is 5.87. The van der Waals surface area contributed by atoms with Crippen molar-refractivity contribution in [2.75, 3.05) is 6.61 Å². The van der Waals surface area contributed by atoms with Crippen molar-refractivity contribution >= 4 is 16.8 Å². The zero-order valence-corrected chi connectivity index (χ0v) is 12.2. The Morgan fingerprint density at radius 3 is 3.00 bits per heavy atom. The van der Waals surface area contributed by atoms with Gasteiger partial charge in [0, 0.05) is 11.6 Å². The van der Waals surface area contributed by atoms with Gasteiger partial charge in [0.05, 0.1) is 12.8 Å². The van der Waals surface area contributed by atoms with Crippen molar-refractivity contribution in [2.24, 2.45) is 0 Å². The maximum atomic E-state index is 11.8. The summed E-state index contributed by atoms with van der Waals surface area (Å²) in [6.45, 7) is 2.31. The first kappa shape index (κ1) is 14.1. The number of furan rings is 1. The molecule has 1 aromatic carbocycles. The van der Waals surface area contributed by atoms with Crippen LogP contribution in [0.25, 0.3) is 10.9 Å². The average Bonchev–Trinajstić information content (AvgIpc) is 3.05. The van der Waals surface area contributed by atoms with Crippen LogP contribution in [-0.2, 0) is 11.3 Å². The smallest absolute Gasteiger partial charge is 0.258 e. The molecular formula is C17H16N2O3. The highest BCUT2D eigenvalue weighted by Gasteiger charge is 2.08. The van der Waals surface area contributed by atoms with E-state index in [1.54, 1.807) is 24.6 Å². The number of aromatic nitrogens is 1. The standard InChI is InChI=1S/C17H16N2O3/c1-12-7-8-18-17-14(12)5-2-6-15(17)22-11-16(20)19-10-13-4-3-9-21-13/h2-9H,10-11H2,1H3,(H,19,20). The van der Waals surface area contributed by atoms with Crippen LogP contribution in [0.3, 0.4) is 0 Å². The number of fused-ring (bicyclic) bond motifs is 1. The number of para-hydroxylation sites is 1. The lowest BCUT2D eigenvalue weighted by Gasteiger charge is -2.09. The Morgan fingerprint density at radius 1 is 1.27 bits per heavy atom. The molecule has 2 heterocycles. The Morgan fingerprint density at radius 2 is 2.18 bits per heavy atom. The number of nitrogens with zero attached hydrogens (tertiary/aromatic N) is 1. The zero-order chi connectivity index (χ0) is 15.4. The second-order valence-corrected chi connectivity index (χ2v) is 4.92. The third-order valence-electron chi connectivity index (χ3n) is 3.35. The molecule has 22 heavy (non-hydrogen) atoms. The predicted octanol–water partition coefficient (Wildman–Crippen LogP) is 2.83. The number of aryl methyl sites for hydroxylation is 1. The molecule has 0 bridgehead atoms. The molecule has 0 unspecified atom stereocenters. The molecule has 2 aromatic heterocycles. The summed E-state index contributed by atoms with van der Waals surface area (Å²) in [4.78, 5) is 16.2. The van der Waals surface area contributed by atoms with Gasteiger partial charge in [-0.1, -0.05) is 12.1 Å². The molecule has 0 aliphatic rings. The Kier molecular flexibility index (Phi) is 4.05. The van der Waals surface area contributed by atoms with Gasteiger partial charge in [0.15, 0.2) is 6.61 Å². The van der Waals surface area contributed by atoms with E-state index in [1.807, 2.05) is 31.2 Å². The quantitative estimate of drug-likeness (QED) is 0.786. The van der Waals surface area contributed by atoms with E-state index in [4.69, 9.17) is 9.15 Å². The second kappa shape index (κ2) is 6.30. The number of hydrogen-bond acceptors (Lipinski definition) is 4. The molecule has 0 radical (unpaired) electrons. The highest BCUT2D eigenvalue weighted by Crippen LogP contribution is 2.25. The number of carbonyl (C=O) groups is 1. The lowest BCUT2D eigenvalue weighted by atomic mass is 10.1. The summed E-state index contributed by atoms with van der Waals surface area (Å²) in [6, 6.07) is 11.2. The van der Waals surface area contributed by atoms with Crippen molar-refractivity contribution in [2.45, 2.75) is 13.5 Å². The summed E-state index contributed by atoms with van der Waals surface area (Å²) in [5.41, 5.74) is 1.89. The van der Waals surface area contributed by atoms with E-state index in [0.717, 1.165) is 16.5 Å². The molecule has 1 N–H and O–H groups in total. The molecule has 0 atom stereocenters. The van der Waals surface area contributed by atoms with Gasteiger partial charge < -0.3 is 14.5 Å². The largest absolute Gasteiger partial charge is 0.481 e. The van der Waals surface area contributed by atoms with Crippen LogP contribution >= 0.6 is 0 Å². The maximum Gasteiger partial charge on any atom is 0.258 e. The summed E-state index contributed by atoms with van der Waals surface area (Å²) in [7, 11) is 0. The van der Waals surface area contributed by atoms with E-state index in [0.29, 0.717) is 18.1 Å². The van der Waals surface area contributed by atoms with Gasteiger partial charge in [-0.05, 0) is 36.8 Å². The third-order valence-corrected chi connectivity index (χ3v) is 3.35. The van der Waals surface area contributed by atoms with Crippen molar-refractivity contribution in [3.8, 4) is 5.75 Å². The first-order chi connectivity index (χ1) is 10.7. The van der Waals surface area contributed by atoms with E-state index in [2.05, 4.69) is 10.3 Å². The maximum absolute atomic E-state index is 11.8. The Hall–Kier alpha value is -2.82. The number of pyridine rings is 1. The summed E-state index contributed by atoms with van der Waals surface area (Å²) in [5.74, 6) is 1.10. The lowest BCUT2D eigenvalue weighted by Crippen LogP contribution is -2.28. The molecular weight excluding hydrogens is 280 g/mol. The fourth-order valence-corrected chi connectivity index (χ4v) is 2.20. The van der Waals surface area contributed by atoms with Gasteiger partial charge in [-0.3, -0.25) is 9.78 Å². The van der Waals surface area contributed by atoms with Gasteiger partial charge in [0.2, 0.25) is 0 Å². The average molecular weight is 296 g/mol. The van der Waals surface area contributed by atoms with Crippen molar-refractivity contribution in [1.82, 2.24) is 10.3 Å². The zero-order valence-electron chi connectivity index (χ0n) is 12.2. The molecule has 0 saturated carbocycles. The van der Waals surface area contributed by atoms with Gasteiger partial charge in [0.25, 0.3) is 5.91 Å². The first-order valence-electron chi connectivity index (χ1n) is 7.00. The van der Waals surface area contributed by atoms with Crippen LogP contribution in [0.5, 0.6) is 5.75 Å². The van der Waals surface area contributed by atoms with Crippen LogP contribution in [0.1, 0.15) is 11.3 Å². The molecule has 3 aromatic rings. The summed E-state index contributed by atoms with van der Waals surface area (Å²) < 4.78 is 10.8. The fourth-order valence-electron chi connectivity index (χ4n) is 2.20. The lowest BCUT2D eigenvalue weighted by molar-refractivity contribution is -0.123. The monoisotopic (exact) mass is 296 g/mol. The van der Waals surface area contributed by atoms with Gasteiger partial charge in [-0.2, -0.15) is 0 Å². The molecule has 5 heteroatoms. The SMILES string of the molecule is Cc1ccnc2c(OCC(=O)NCc3ccco3)cccc12. The normalized spacial score (nSPS) is 10.6. The first-order valence-corrected chi connectivity index (χ1v) is 7.00. The van der Waals surface area contributed by atoms with Crippen molar-refractivity contribution in [3.05, 3.63) is 60.2 Å². The van der Waals surface area contributed by atoms with E-state index in [9.17, 15) is 4.79 Å². The number of carbonyl (C=O) groups excluding carboxylic acids is 1. The van der Waals surface area contributed by atoms with Crippen LogP contribution < -0.4 is 10.1 Å². The molecule has 5 nitrogen and oxygen atoms in total. The van der Waals surface area contributed by atoms with E-state index in [-0.39, 0.29) is 12.5 Å². The number of rotatable bonds is 5. The number of hydrogen-bond donors (Lipinski definition) is 1. The Balaban J connectivity index is 1.64. The van der Waals surface area contributed by atoms with Crippen molar-refractivity contribution < 1.29 is 13.9 Å². The number of amides is 1. The Bertz CT molecular complexity index is 782. The minimum Gasteiger partial charge on any atom is -0.481 e. The van der Waals surface area contributed by atoms with Gasteiger partial charge >= 0.3 is 0 Å². The minimum atomic E-state index is -0.207. The predicted molar refractivity (Wildman–Crippen MR) is 82.5 cm³/mol. The van der Waals surface area contributed by atoms with E-state index >= 15 is 0 Å². The Labute approximate surface area is 127 Å². The van der Waals surface area contributed by atoms with E-state index in [1.165, 1.54) is 0 Å². The van der Waals surface area contributed by atoms with E-state index < -0.39 is 0 Å². The van der Waals surface area contributed by atoms with Crippen LogP contribution in [0.15, 0.2) is 53.3 Å². The van der Waals surface area contributed by atoms with Crippen molar-refractivity contribution in [1.29, 1.82) is 0 Å². The molecule has 112 valence electrons. The molecule has 0 aliphatic heterocycles. The topological polar surface area (TPSA) is 64.4 Å². The van der Waals surface area contributed by atoms with Gasteiger partial charge in [-0.15, -0.1) is 0 Å². The van der Waals surface area contributed by atoms with Gasteiger partial charge in [-0.25, -0.2) is 0 Å². The molecule has 0 fully saturated rings. The molecule has 1 amide bonds. The molecule has 0 saturated heterocycles. The summed E-state index contributed by atoms with van der Waals surface area (Å²) >= 11 is 0. The van der Waals surface area contributed by atoms with Crippen molar-refractivity contribution in [3.63, 3.8) is 0 Å². The van der Waals surface area contributed by atoms with Gasteiger partial charge in [0.1, 0.15) is 17.0 Å². The molecule has 3 rings (SSSR count).